The third-order valence-electron chi connectivity index (χ3n) is 3.35. The van der Waals surface area contributed by atoms with Crippen molar-refractivity contribution in [3.8, 4) is 5.75 Å². The van der Waals surface area contributed by atoms with E-state index in [0.29, 0.717) is 31.0 Å². The van der Waals surface area contributed by atoms with Gasteiger partial charge in [-0.25, -0.2) is 0 Å². The first kappa shape index (κ1) is 14.8. The van der Waals surface area contributed by atoms with Crippen LogP contribution in [0.3, 0.4) is 0 Å². The number of amides is 1. The molecule has 1 fully saturated rings. The van der Waals surface area contributed by atoms with Crippen molar-refractivity contribution < 1.29 is 14.3 Å². The normalized spacial score (nSPS) is 21.7. The molecule has 0 bridgehead atoms. The van der Waals surface area contributed by atoms with E-state index in [1.165, 1.54) is 0 Å². The lowest BCUT2D eigenvalue weighted by atomic mass is 10.2. The molecule has 1 aliphatic heterocycles. The molecule has 1 heterocycles. The number of ether oxygens (including phenoxy) is 2. The van der Waals surface area contributed by atoms with Crippen LogP contribution in [0.4, 0.5) is 5.69 Å². The summed E-state index contributed by atoms with van der Waals surface area (Å²) in [4.78, 5) is 12.2. The summed E-state index contributed by atoms with van der Waals surface area (Å²) < 4.78 is 10.9. The zero-order valence-electron chi connectivity index (χ0n) is 12.0. The molecule has 0 spiro atoms. The molecule has 5 nitrogen and oxygen atoms in total. The van der Waals surface area contributed by atoms with E-state index in [2.05, 4.69) is 17.6 Å². The second kappa shape index (κ2) is 7.26. The minimum absolute atomic E-state index is 0.0444. The Morgan fingerprint density at radius 2 is 2.25 bits per heavy atom. The minimum atomic E-state index is -0.209. The van der Waals surface area contributed by atoms with Crippen molar-refractivity contribution in [2.24, 2.45) is 0 Å². The third kappa shape index (κ3) is 3.71. The number of hydrogen-bond acceptors (Lipinski definition) is 4. The van der Waals surface area contributed by atoms with Gasteiger partial charge in [0.25, 0.3) is 0 Å². The van der Waals surface area contributed by atoms with E-state index in [-0.39, 0.29) is 18.1 Å². The van der Waals surface area contributed by atoms with Crippen LogP contribution in [0, 0.1) is 0 Å². The van der Waals surface area contributed by atoms with Gasteiger partial charge in [0.15, 0.2) is 0 Å². The summed E-state index contributed by atoms with van der Waals surface area (Å²) in [5.41, 5.74) is 0.716. The lowest BCUT2D eigenvalue weighted by Gasteiger charge is -2.14. The highest BCUT2D eigenvalue weighted by molar-refractivity contribution is 5.96. The predicted octanol–water partition coefficient (Wildman–Crippen LogP) is 1.79. The van der Waals surface area contributed by atoms with Crippen LogP contribution in [0.2, 0.25) is 0 Å². The summed E-state index contributed by atoms with van der Waals surface area (Å²) in [5, 5.41) is 6.09. The number of hydrogen-bond donors (Lipinski definition) is 2. The van der Waals surface area contributed by atoms with Crippen LogP contribution in [0.1, 0.15) is 19.8 Å². The first-order chi connectivity index (χ1) is 9.74. The molecule has 1 aromatic carbocycles. The van der Waals surface area contributed by atoms with Crippen LogP contribution in [-0.4, -0.2) is 38.3 Å². The Balaban J connectivity index is 1.97. The largest absolute Gasteiger partial charge is 0.491 e. The predicted molar refractivity (Wildman–Crippen MR) is 78.1 cm³/mol. The first-order valence-corrected chi connectivity index (χ1v) is 7.03. The molecule has 2 unspecified atom stereocenters. The van der Waals surface area contributed by atoms with Crippen molar-refractivity contribution in [3.05, 3.63) is 24.3 Å². The maximum absolute atomic E-state index is 12.2. The highest BCUT2D eigenvalue weighted by Gasteiger charge is 2.29. The van der Waals surface area contributed by atoms with Gasteiger partial charge in [0, 0.05) is 13.7 Å². The Morgan fingerprint density at radius 3 is 2.95 bits per heavy atom. The second-order valence-corrected chi connectivity index (χ2v) is 4.89. The van der Waals surface area contributed by atoms with E-state index in [9.17, 15) is 4.79 Å². The first-order valence-electron chi connectivity index (χ1n) is 7.03. The molecule has 0 saturated carbocycles. The van der Waals surface area contributed by atoms with Gasteiger partial charge in [-0.3, -0.25) is 4.79 Å². The SMILES string of the molecule is CCCOc1ccccc1NC(=O)C1CC(OC)CN1. The van der Waals surface area contributed by atoms with Crippen molar-refractivity contribution in [3.63, 3.8) is 0 Å². The lowest BCUT2D eigenvalue weighted by molar-refractivity contribution is -0.118. The van der Waals surface area contributed by atoms with E-state index >= 15 is 0 Å². The Kier molecular flexibility index (Phi) is 5.38. The second-order valence-electron chi connectivity index (χ2n) is 4.89. The minimum Gasteiger partial charge on any atom is -0.491 e. The fraction of sp³-hybridized carbons (Fsp3) is 0.533. The van der Waals surface area contributed by atoms with E-state index in [1.807, 2.05) is 24.3 Å². The molecule has 0 aromatic heterocycles. The summed E-state index contributed by atoms with van der Waals surface area (Å²) in [6.45, 7) is 3.40. The zero-order chi connectivity index (χ0) is 14.4. The molecule has 2 N–H and O–H groups in total. The van der Waals surface area contributed by atoms with Gasteiger partial charge in [0.2, 0.25) is 5.91 Å². The summed E-state index contributed by atoms with van der Waals surface area (Å²) in [6.07, 6.45) is 1.74. The molecule has 0 aliphatic carbocycles. The van der Waals surface area contributed by atoms with E-state index < -0.39 is 0 Å². The van der Waals surface area contributed by atoms with Crippen molar-refractivity contribution in [1.29, 1.82) is 0 Å². The summed E-state index contributed by atoms with van der Waals surface area (Å²) in [5.74, 6) is 0.668. The zero-order valence-corrected chi connectivity index (χ0v) is 12.0. The molecule has 1 aliphatic rings. The average molecular weight is 278 g/mol. The monoisotopic (exact) mass is 278 g/mol. The van der Waals surface area contributed by atoms with Gasteiger partial charge >= 0.3 is 0 Å². The number of benzene rings is 1. The highest BCUT2D eigenvalue weighted by atomic mass is 16.5. The maximum atomic E-state index is 12.2. The molecule has 20 heavy (non-hydrogen) atoms. The van der Waals surface area contributed by atoms with Crippen LogP contribution in [0.5, 0.6) is 5.75 Å². The van der Waals surface area contributed by atoms with Crippen molar-refractivity contribution in [2.75, 3.05) is 25.6 Å². The Hall–Kier alpha value is -1.59. The fourth-order valence-corrected chi connectivity index (χ4v) is 2.21. The van der Waals surface area contributed by atoms with Gasteiger partial charge < -0.3 is 20.1 Å². The summed E-state index contributed by atoms with van der Waals surface area (Å²) in [6, 6.07) is 7.29. The molecule has 5 heteroatoms. The van der Waals surface area contributed by atoms with Gasteiger partial charge in [-0.05, 0) is 25.0 Å². The maximum Gasteiger partial charge on any atom is 0.241 e. The number of para-hydroxylation sites is 2. The Bertz CT molecular complexity index is 450. The topological polar surface area (TPSA) is 59.6 Å². The Morgan fingerprint density at radius 1 is 1.45 bits per heavy atom. The molecule has 2 atom stereocenters. The van der Waals surface area contributed by atoms with Gasteiger partial charge in [-0.1, -0.05) is 19.1 Å². The van der Waals surface area contributed by atoms with Gasteiger partial charge in [0.1, 0.15) is 5.75 Å². The number of methoxy groups -OCH3 is 1. The smallest absolute Gasteiger partial charge is 0.241 e. The molecule has 1 aromatic rings. The van der Waals surface area contributed by atoms with Gasteiger partial charge in [0.05, 0.1) is 24.4 Å². The standard InChI is InChI=1S/C15H22N2O3/c1-3-8-20-14-7-5-4-6-12(14)17-15(18)13-9-11(19-2)10-16-13/h4-7,11,13,16H,3,8-10H2,1-2H3,(H,17,18). The molecule has 1 saturated heterocycles. The highest BCUT2D eigenvalue weighted by Crippen LogP contribution is 2.24. The molecular weight excluding hydrogens is 256 g/mol. The molecule has 2 rings (SSSR count). The number of anilines is 1. The number of nitrogens with one attached hydrogen (secondary N) is 2. The lowest BCUT2D eigenvalue weighted by Crippen LogP contribution is -2.35. The summed E-state index contributed by atoms with van der Waals surface area (Å²) >= 11 is 0. The van der Waals surface area contributed by atoms with Crippen LogP contribution in [-0.2, 0) is 9.53 Å². The van der Waals surface area contributed by atoms with Crippen LogP contribution in [0.25, 0.3) is 0 Å². The quantitative estimate of drug-likeness (QED) is 0.833. The number of rotatable bonds is 6. The molecule has 1 amide bonds. The molecular formula is C15H22N2O3. The average Bonchev–Trinajstić information content (AvgIpc) is 2.95. The van der Waals surface area contributed by atoms with Crippen molar-refractivity contribution in [1.82, 2.24) is 5.32 Å². The Labute approximate surface area is 119 Å². The van der Waals surface area contributed by atoms with E-state index in [4.69, 9.17) is 9.47 Å². The van der Waals surface area contributed by atoms with Crippen molar-refractivity contribution in [2.45, 2.75) is 31.9 Å². The molecule has 110 valence electrons. The van der Waals surface area contributed by atoms with Crippen LogP contribution >= 0.6 is 0 Å². The summed E-state index contributed by atoms with van der Waals surface area (Å²) in [7, 11) is 1.67. The number of carbonyl (C=O) groups is 1. The molecule has 0 radical (unpaired) electrons. The van der Waals surface area contributed by atoms with E-state index in [1.54, 1.807) is 7.11 Å². The van der Waals surface area contributed by atoms with Crippen LogP contribution in [0.15, 0.2) is 24.3 Å². The third-order valence-corrected chi connectivity index (χ3v) is 3.35. The fourth-order valence-electron chi connectivity index (χ4n) is 2.21. The van der Waals surface area contributed by atoms with Gasteiger partial charge in [-0.15, -0.1) is 0 Å². The number of carbonyl (C=O) groups excluding carboxylic acids is 1. The van der Waals surface area contributed by atoms with Crippen LogP contribution < -0.4 is 15.4 Å². The van der Waals surface area contributed by atoms with E-state index in [0.717, 1.165) is 6.42 Å². The van der Waals surface area contributed by atoms with Crippen molar-refractivity contribution >= 4 is 11.6 Å². The van der Waals surface area contributed by atoms with Gasteiger partial charge in [-0.2, -0.15) is 0 Å².